The summed E-state index contributed by atoms with van der Waals surface area (Å²) in [5.74, 6) is -0.875. The highest BCUT2D eigenvalue weighted by Gasteiger charge is 2.26. The van der Waals surface area contributed by atoms with Crippen molar-refractivity contribution in [2.45, 2.75) is 45.4 Å². The van der Waals surface area contributed by atoms with Crippen LogP contribution >= 0.6 is 34.4 Å². The molecule has 0 unspecified atom stereocenters. The molecule has 12 heteroatoms. The first-order chi connectivity index (χ1) is 15.6. The monoisotopic (exact) mass is 507 g/mol. The molecule has 3 rings (SSSR count). The first-order valence-electron chi connectivity index (χ1n) is 10.2. The number of hydrogen-bond donors (Lipinski definition) is 2. The molecule has 0 aliphatic rings. The number of esters is 1. The Morgan fingerprint density at radius 2 is 2.03 bits per heavy atom. The molecule has 0 aliphatic carbocycles. The number of ether oxygens (including phenoxy) is 1. The highest BCUT2D eigenvalue weighted by Crippen LogP contribution is 2.34. The van der Waals surface area contributed by atoms with Gasteiger partial charge in [-0.2, -0.15) is 0 Å². The molecule has 176 valence electrons. The number of carbonyl (C=O) groups excluding carboxylic acids is 3. The fourth-order valence-electron chi connectivity index (χ4n) is 3.02. The van der Waals surface area contributed by atoms with E-state index in [4.69, 9.17) is 10.5 Å². The van der Waals surface area contributed by atoms with Gasteiger partial charge in [0.2, 0.25) is 5.91 Å². The summed E-state index contributed by atoms with van der Waals surface area (Å²) in [6.45, 7) is 7.14. The summed E-state index contributed by atoms with van der Waals surface area (Å²) >= 11 is 3.85. The molecule has 3 aromatic rings. The summed E-state index contributed by atoms with van der Waals surface area (Å²) in [6, 6.07) is 2.09. The molecular weight excluding hydrogens is 482 g/mol. The standard InChI is InChI=1S/C21H25N5O4S3/c1-6-13-7-12(8-31-13)18-24-25-21(26(18)5)32-9-14(27)23-19-15(20(29)30-10(2)3)11(4)16(33-19)17(22)28/h7-8,10H,6,9H2,1-5H3,(H2,22,28)(H,23,27). The van der Waals surface area contributed by atoms with Gasteiger partial charge < -0.3 is 20.4 Å². The van der Waals surface area contributed by atoms with Crippen LogP contribution in [0.3, 0.4) is 0 Å². The van der Waals surface area contributed by atoms with Crippen molar-refractivity contribution >= 4 is 57.2 Å². The maximum absolute atomic E-state index is 12.7. The number of primary amides is 1. The summed E-state index contributed by atoms with van der Waals surface area (Å²) in [6.07, 6.45) is 0.603. The largest absolute Gasteiger partial charge is 0.459 e. The fraction of sp³-hybridized carbons (Fsp3) is 0.381. The number of anilines is 1. The fourth-order valence-corrected chi connectivity index (χ4v) is 5.61. The average Bonchev–Trinajstić information content (AvgIpc) is 3.43. The average molecular weight is 508 g/mol. The Kier molecular flexibility index (Phi) is 7.92. The van der Waals surface area contributed by atoms with Crippen LogP contribution < -0.4 is 11.1 Å². The topological polar surface area (TPSA) is 129 Å². The third-order valence-corrected chi connectivity index (χ3v) is 7.92. The van der Waals surface area contributed by atoms with Gasteiger partial charge in [-0.1, -0.05) is 18.7 Å². The first kappa shape index (κ1) is 24.9. The van der Waals surface area contributed by atoms with Crippen molar-refractivity contribution in [1.82, 2.24) is 14.8 Å². The van der Waals surface area contributed by atoms with E-state index >= 15 is 0 Å². The Labute approximate surface area is 203 Å². The Balaban J connectivity index is 1.73. The molecule has 0 spiro atoms. The van der Waals surface area contributed by atoms with Gasteiger partial charge in [0.05, 0.1) is 22.3 Å². The van der Waals surface area contributed by atoms with E-state index in [1.54, 1.807) is 32.1 Å². The van der Waals surface area contributed by atoms with Crippen LogP contribution in [0, 0.1) is 6.92 Å². The SMILES string of the molecule is CCc1cc(-c2nnc(SCC(=O)Nc3sc(C(N)=O)c(C)c3C(=O)OC(C)C)n2C)cs1. The zero-order valence-corrected chi connectivity index (χ0v) is 21.4. The van der Waals surface area contributed by atoms with E-state index < -0.39 is 11.9 Å². The number of aromatic nitrogens is 3. The van der Waals surface area contributed by atoms with E-state index in [0.717, 1.165) is 29.1 Å². The van der Waals surface area contributed by atoms with Crippen LogP contribution in [-0.4, -0.2) is 44.4 Å². The van der Waals surface area contributed by atoms with Crippen molar-refractivity contribution in [3.63, 3.8) is 0 Å². The van der Waals surface area contributed by atoms with Gasteiger partial charge in [-0.3, -0.25) is 9.59 Å². The molecule has 0 radical (unpaired) electrons. The Hall–Kier alpha value is -2.70. The van der Waals surface area contributed by atoms with Gasteiger partial charge in [-0.05, 0) is 38.8 Å². The molecule has 0 saturated heterocycles. The lowest BCUT2D eigenvalue weighted by molar-refractivity contribution is -0.113. The number of nitrogens with zero attached hydrogens (tertiary/aromatic N) is 3. The molecule has 0 bridgehead atoms. The van der Waals surface area contributed by atoms with Crippen LogP contribution in [0.25, 0.3) is 11.4 Å². The maximum atomic E-state index is 12.7. The number of nitrogens with two attached hydrogens (primary N) is 1. The lowest BCUT2D eigenvalue weighted by Crippen LogP contribution is -2.18. The molecule has 0 aliphatic heterocycles. The number of carbonyl (C=O) groups is 3. The molecule has 0 aromatic carbocycles. The summed E-state index contributed by atoms with van der Waals surface area (Å²) in [7, 11) is 1.85. The number of aryl methyl sites for hydroxylation is 1. The Morgan fingerprint density at radius 3 is 2.64 bits per heavy atom. The van der Waals surface area contributed by atoms with Crippen molar-refractivity contribution in [2.24, 2.45) is 12.8 Å². The molecule has 0 fully saturated rings. The second kappa shape index (κ2) is 10.5. The van der Waals surface area contributed by atoms with Gasteiger partial charge >= 0.3 is 5.97 Å². The Bertz CT molecular complexity index is 1190. The van der Waals surface area contributed by atoms with E-state index in [9.17, 15) is 14.4 Å². The van der Waals surface area contributed by atoms with Crippen LogP contribution in [0.5, 0.6) is 0 Å². The predicted molar refractivity (Wildman–Crippen MR) is 131 cm³/mol. The Morgan fingerprint density at radius 1 is 1.30 bits per heavy atom. The molecule has 9 nitrogen and oxygen atoms in total. The second-order valence-corrected chi connectivity index (χ2v) is 10.4. The number of thioether (sulfide) groups is 1. The van der Waals surface area contributed by atoms with Crippen molar-refractivity contribution in [1.29, 1.82) is 0 Å². The maximum Gasteiger partial charge on any atom is 0.341 e. The van der Waals surface area contributed by atoms with E-state index in [2.05, 4.69) is 28.5 Å². The lowest BCUT2D eigenvalue weighted by atomic mass is 10.1. The molecule has 3 N–H and O–H groups in total. The zero-order chi connectivity index (χ0) is 24.3. The van der Waals surface area contributed by atoms with Crippen molar-refractivity contribution in [3.8, 4) is 11.4 Å². The van der Waals surface area contributed by atoms with Gasteiger partial charge in [0.25, 0.3) is 5.91 Å². The number of nitrogens with one attached hydrogen (secondary N) is 1. The van der Waals surface area contributed by atoms with E-state index in [-0.39, 0.29) is 33.2 Å². The summed E-state index contributed by atoms with van der Waals surface area (Å²) < 4.78 is 7.11. The molecule has 0 saturated carbocycles. The summed E-state index contributed by atoms with van der Waals surface area (Å²) in [5.41, 5.74) is 6.95. The number of hydrogen-bond acceptors (Lipinski definition) is 9. The van der Waals surface area contributed by atoms with Gasteiger partial charge in [-0.25, -0.2) is 4.79 Å². The third-order valence-electron chi connectivity index (χ3n) is 4.60. The lowest BCUT2D eigenvalue weighted by Gasteiger charge is -2.10. The summed E-state index contributed by atoms with van der Waals surface area (Å²) in [5, 5.41) is 14.0. The zero-order valence-electron chi connectivity index (χ0n) is 18.9. The van der Waals surface area contributed by atoms with Crippen molar-refractivity contribution in [2.75, 3.05) is 11.1 Å². The highest BCUT2D eigenvalue weighted by atomic mass is 32.2. The van der Waals surface area contributed by atoms with E-state index in [1.807, 2.05) is 17.0 Å². The van der Waals surface area contributed by atoms with Gasteiger partial charge in [0.15, 0.2) is 11.0 Å². The second-order valence-electron chi connectivity index (χ2n) is 7.44. The summed E-state index contributed by atoms with van der Waals surface area (Å²) in [4.78, 5) is 38.4. The van der Waals surface area contributed by atoms with Gasteiger partial charge in [-0.15, -0.1) is 32.9 Å². The normalized spacial score (nSPS) is 11.1. The third kappa shape index (κ3) is 5.63. The smallest absolute Gasteiger partial charge is 0.341 e. The molecule has 0 atom stereocenters. The highest BCUT2D eigenvalue weighted by molar-refractivity contribution is 7.99. The van der Waals surface area contributed by atoms with Crippen LogP contribution in [0.4, 0.5) is 5.00 Å². The molecule has 2 amide bonds. The predicted octanol–water partition coefficient (Wildman–Crippen LogP) is 3.87. The minimum atomic E-state index is -0.669. The molecule has 33 heavy (non-hydrogen) atoms. The first-order valence-corrected chi connectivity index (χ1v) is 12.8. The number of rotatable bonds is 9. The van der Waals surface area contributed by atoms with Crippen LogP contribution in [-0.2, 0) is 23.0 Å². The van der Waals surface area contributed by atoms with Crippen molar-refractivity contribution < 1.29 is 19.1 Å². The molecular formula is C21H25N5O4S3. The van der Waals surface area contributed by atoms with Gasteiger partial charge in [0.1, 0.15) is 5.00 Å². The van der Waals surface area contributed by atoms with Gasteiger partial charge in [0, 0.05) is 22.9 Å². The van der Waals surface area contributed by atoms with Crippen molar-refractivity contribution in [3.05, 3.63) is 32.3 Å². The minimum absolute atomic E-state index is 0.0390. The van der Waals surface area contributed by atoms with E-state index in [0.29, 0.717) is 10.7 Å². The van der Waals surface area contributed by atoms with Crippen LogP contribution in [0.15, 0.2) is 16.6 Å². The quantitative estimate of drug-likeness (QED) is 0.332. The minimum Gasteiger partial charge on any atom is -0.459 e. The van der Waals surface area contributed by atoms with Crippen LogP contribution in [0.1, 0.15) is 51.2 Å². The van der Waals surface area contributed by atoms with E-state index in [1.165, 1.54) is 16.6 Å². The van der Waals surface area contributed by atoms with Crippen LogP contribution in [0.2, 0.25) is 0 Å². The number of thiophene rings is 2. The molecule has 3 aromatic heterocycles. The number of amides is 2. The molecule has 3 heterocycles.